The maximum absolute atomic E-state index is 14.2. The van der Waals surface area contributed by atoms with Gasteiger partial charge in [0.2, 0.25) is 17.8 Å². The van der Waals surface area contributed by atoms with Crippen LogP contribution in [-0.2, 0) is 0 Å². The van der Waals surface area contributed by atoms with Crippen LogP contribution in [0.3, 0.4) is 0 Å². The SMILES string of the molecule is COc1ccc(Nc2nc(NC3CCCCCC3)nc(NC3CN4CCC3C4)n2)cc1F. The Balaban J connectivity index is 1.37. The van der Waals surface area contributed by atoms with Crippen LogP contribution >= 0.6 is 0 Å². The number of benzene rings is 1. The van der Waals surface area contributed by atoms with Crippen LogP contribution in [0.1, 0.15) is 44.9 Å². The monoisotopic (exact) mass is 441 g/mol. The van der Waals surface area contributed by atoms with Crippen LogP contribution in [-0.4, -0.2) is 58.7 Å². The number of methoxy groups -OCH3 is 1. The van der Waals surface area contributed by atoms with Gasteiger partial charge in [-0.05, 0) is 43.9 Å². The average Bonchev–Trinajstić information content (AvgIpc) is 3.30. The fraction of sp³-hybridized carbons (Fsp3) is 0.609. The molecule has 2 aromatic rings. The third kappa shape index (κ3) is 4.87. The van der Waals surface area contributed by atoms with E-state index in [1.54, 1.807) is 12.1 Å². The van der Waals surface area contributed by atoms with Crippen LogP contribution in [0.25, 0.3) is 0 Å². The minimum Gasteiger partial charge on any atom is -0.494 e. The highest BCUT2D eigenvalue weighted by molar-refractivity contribution is 5.57. The fourth-order valence-corrected chi connectivity index (χ4v) is 5.15. The van der Waals surface area contributed by atoms with Gasteiger partial charge in [0.1, 0.15) is 0 Å². The molecule has 1 aromatic heterocycles. The first-order valence-corrected chi connectivity index (χ1v) is 11.8. The van der Waals surface area contributed by atoms with Gasteiger partial charge in [0, 0.05) is 36.9 Å². The minimum absolute atomic E-state index is 0.204. The summed E-state index contributed by atoms with van der Waals surface area (Å²) in [6.07, 6.45) is 8.50. The number of hydrogen-bond acceptors (Lipinski definition) is 8. The van der Waals surface area contributed by atoms with Gasteiger partial charge in [-0.3, -0.25) is 0 Å². The van der Waals surface area contributed by atoms with Crippen molar-refractivity contribution in [2.45, 2.75) is 57.0 Å². The second-order valence-electron chi connectivity index (χ2n) is 9.17. The molecule has 32 heavy (non-hydrogen) atoms. The lowest BCUT2D eigenvalue weighted by Gasteiger charge is -2.24. The predicted molar refractivity (Wildman–Crippen MR) is 123 cm³/mol. The number of nitrogens with one attached hydrogen (secondary N) is 3. The summed E-state index contributed by atoms with van der Waals surface area (Å²) < 4.78 is 19.2. The lowest BCUT2D eigenvalue weighted by atomic mass is 10.0. The molecule has 8 nitrogen and oxygen atoms in total. The number of piperidine rings is 1. The van der Waals surface area contributed by atoms with Crippen molar-refractivity contribution < 1.29 is 9.13 Å². The van der Waals surface area contributed by atoms with Crippen molar-refractivity contribution in [2.75, 3.05) is 42.7 Å². The van der Waals surface area contributed by atoms with E-state index in [2.05, 4.69) is 30.8 Å². The molecule has 1 aliphatic carbocycles. The van der Waals surface area contributed by atoms with E-state index in [0.29, 0.717) is 41.5 Å². The molecule has 3 aliphatic rings. The first kappa shape index (κ1) is 21.2. The third-order valence-electron chi connectivity index (χ3n) is 6.88. The molecule has 0 spiro atoms. The molecule has 0 radical (unpaired) electrons. The summed E-state index contributed by atoms with van der Waals surface area (Å²) in [5, 5.41) is 10.2. The van der Waals surface area contributed by atoms with Gasteiger partial charge in [-0.15, -0.1) is 0 Å². The molecule has 1 saturated carbocycles. The molecule has 9 heteroatoms. The van der Waals surface area contributed by atoms with Crippen LogP contribution in [0.4, 0.5) is 27.9 Å². The van der Waals surface area contributed by atoms with Crippen LogP contribution in [0, 0.1) is 11.7 Å². The molecule has 172 valence electrons. The fourth-order valence-electron chi connectivity index (χ4n) is 5.15. The lowest BCUT2D eigenvalue weighted by Crippen LogP contribution is -2.34. The first-order chi connectivity index (χ1) is 15.7. The van der Waals surface area contributed by atoms with Crippen molar-refractivity contribution in [3.05, 3.63) is 24.0 Å². The Morgan fingerprint density at radius 1 is 0.938 bits per heavy atom. The zero-order valence-electron chi connectivity index (χ0n) is 18.6. The molecule has 2 saturated heterocycles. The molecule has 3 unspecified atom stereocenters. The average molecular weight is 442 g/mol. The van der Waals surface area contributed by atoms with Crippen molar-refractivity contribution in [1.29, 1.82) is 0 Å². The van der Waals surface area contributed by atoms with E-state index >= 15 is 0 Å². The van der Waals surface area contributed by atoms with Gasteiger partial charge in [-0.25, -0.2) is 4.39 Å². The maximum Gasteiger partial charge on any atom is 0.233 e. The Labute approximate surface area is 188 Å². The number of hydrogen-bond donors (Lipinski definition) is 3. The number of ether oxygens (including phenoxy) is 1. The van der Waals surface area contributed by atoms with Crippen molar-refractivity contribution in [2.24, 2.45) is 5.92 Å². The van der Waals surface area contributed by atoms with E-state index in [-0.39, 0.29) is 5.75 Å². The molecular formula is C23H32FN7O. The Hall–Kier alpha value is -2.68. The van der Waals surface area contributed by atoms with Crippen LogP contribution in [0.2, 0.25) is 0 Å². The van der Waals surface area contributed by atoms with Crippen molar-refractivity contribution >= 4 is 23.5 Å². The highest BCUT2D eigenvalue weighted by Gasteiger charge is 2.38. The molecule has 2 aliphatic heterocycles. The molecule has 1 aromatic carbocycles. The van der Waals surface area contributed by atoms with Gasteiger partial charge >= 0.3 is 0 Å². The van der Waals surface area contributed by atoms with Crippen LogP contribution < -0.4 is 20.7 Å². The van der Waals surface area contributed by atoms with Crippen molar-refractivity contribution in [3.63, 3.8) is 0 Å². The van der Waals surface area contributed by atoms with Gasteiger partial charge < -0.3 is 25.6 Å². The number of rotatable bonds is 7. The Bertz CT molecular complexity index is 935. The van der Waals surface area contributed by atoms with Crippen molar-refractivity contribution in [1.82, 2.24) is 19.9 Å². The molecule has 3 atom stereocenters. The summed E-state index contributed by atoms with van der Waals surface area (Å²) in [4.78, 5) is 16.4. The molecule has 5 rings (SSSR count). The number of halogens is 1. The summed E-state index contributed by atoms with van der Waals surface area (Å²) in [5.41, 5.74) is 0.562. The summed E-state index contributed by atoms with van der Waals surface area (Å²) in [7, 11) is 1.45. The molecular weight excluding hydrogens is 409 g/mol. The zero-order chi connectivity index (χ0) is 21.9. The van der Waals surface area contributed by atoms with Gasteiger partial charge in [-0.2, -0.15) is 15.0 Å². The van der Waals surface area contributed by atoms with E-state index in [4.69, 9.17) is 9.72 Å². The smallest absolute Gasteiger partial charge is 0.233 e. The highest BCUT2D eigenvalue weighted by atomic mass is 19.1. The predicted octanol–water partition coefficient (Wildman–Crippen LogP) is 4.01. The summed E-state index contributed by atoms with van der Waals surface area (Å²) >= 11 is 0. The van der Waals surface area contributed by atoms with E-state index in [9.17, 15) is 4.39 Å². The van der Waals surface area contributed by atoms with E-state index < -0.39 is 5.82 Å². The molecule has 3 heterocycles. The quantitative estimate of drug-likeness (QED) is 0.556. The number of nitrogens with zero attached hydrogens (tertiary/aromatic N) is 4. The minimum atomic E-state index is -0.433. The van der Waals surface area contributed by atoms with Gasteiger partial charge in [0.25, 0.3) is 0 Å². The third-order valence-corrected chi connectivity index (χ3v) is 6.88. The van der Waals surface area contributed by atoms with Crippen LogP contribution in [0.5, 0.6) is 5.75 Å². The Morgan fingerprint density at radius 3 is 2.34 bits per heavy atom. The molecule has 3 N–H and O–H groups in total. The number of anilines is 4. The standard InChI is InChI=1S/C23H32FN7O/c1-32-20-9-8-17(12-18(20)24)26-22-28-21(25-16-6-4-2-3-5-7-16)29-23(30-22)27-19-14-31-11-10-15(19)13-31/h8-9,12,15-16,19H,2-7,10-11,13-14H2,1H3,(H3,25,26,27,28,29,30). The number of aromatic nitrogens is 3. The Kier molecular flexibility index (Phi) is 6.25. The second kappa shape index (κ2) is 9.44. The maximum atomic E-state index is 14.2. The molecule has 0 amide bonds. The lowest BCUT2D eigenvalue weighted by molar-refractivity contribution is 0.354. The molecule has 3 fully saturated rings. The zero-order valence-corrected chi connectivity index (χ0v) is 18.6. The summed E-state index contributed by atoms with van der Waals surface area (Å²) in [5.74, 6) is 1.93. The van der Waals surface area contributed by atoms with Gasteiger partial charge in [0.05, 0.1) is 7.11 Å². The van der Waals surface area contributed by atoms with E-state index in [1.807, 2.05) is 0 Å². The normalized spacial score (nSPS) is 25.4. The number of fused-ring (bicyclic) bond motifs is 2. The largest absolute Gasteiger partial charge is 0.494 e. The molecule has 2 bridgehead atoms. The summed E-state index contributed by atoms with van der Waals surface area (Å²) in [6.45, 7) is 3.35. The first-order valence-electron chi connectivity index (χ1n) is 11.8. The van der Waals surface area contributed by atoms with Crippen molar-refractivity contribution in [3.8, 4) is 5.75 Å². The van der Waals surface area contributed by atoms with E-state index in [0.717, 1.165) is 25.9 Å². The van der Waals surface area contributed by atoms with Gasteiger partial charge in [-0.1, -0.05) is 25.7 Å². The second-order valence-corrected chi connectivity index (χ2v) is 9.17. The van der Waals surface area contributed by atoms with E-state index in [1.165, 1.54) is 51.8 Å². The topological polar surface area (TPSA) is 87.2 Å². The summed E-state index contributed by atoms with van der Waals surface area (Å²) in [6, 6.07) is 5.44. The highest BCUT2D eigenvalue weighted by Crippen LogP contribution is 2.30. The van der Waals surface area contributed by atoms with Gasteiger partial charge in [0.15, 0.2) is 11.6 Å². The van der Waals surface area contributed by atoms with Crippen LogP contribution in [0.15, 0.2) is 18.2 Å². The Morgan fingerprint density at radius 2 is 1.69 bits per heavy atom.